The standard InChI is InChI=1S/C20H25NO5S/c1-20(2,3)15(22)11-16-21(4)19(23)14(27-16)10-12-8-9-13(24-5)18(26-7)17(12)25-6/h8-11H,1-7H3/b14-10-,16-11+. The molecule has 7 heteroatoms. The zero-order valence-corrected chi connectivity index (χ0v) is 17.5. The maximum Gasteiger partial charge on any atom is 0.268 e. The molecular weight excluding hydrogens is 366 g/mol. The molecule has 0 unspecified atom stereocenters. The van der Waals surface area contributed by atoms with Gasteiger partial charge >= 0.3 is 0 Å². The predicted molar refractivity (Wildman–Crippen MR) is 107 cm³/mol. The highest BCUT2D eigenvalue weighted by Gasteiger charge is 2.19. The average Bonchev–Trinajstić information content (AvgIpc) is 2.88. The van der Waals surface area contributed by atoms with Gasteiger partial charge in [-0.05, 0) is 18.2 Å². The molecule has 0 amide bonds. The summed E-state index contributed by atoms with van der Waals surface area (Å²) in [4.78, 5) is 24.9. The first-order valence-electron chi connectivity index (χ1n) is 8.36. The minimum atomic E-state index is -0.503. The van der Waals surface area contributed by atoms with Crippen LogP contribution in [-0.4, -0.2) is 31.7 Å². The second-order valence-electron chi connectivity index (χ2n) is 7.00. The van der Waals surface area contributed by atoms with E-state index in [-0.39, 0.29) is 11.3 Å². The van der Waals surface area contributed by atoms with Crippen LogP contribution in [0.1, 0.15) is 26.3 Å². The number of Topliss-reactive ketones (excluding diaryl/α,β-unsaturated/α-hetero) is 1. The van der Waals surface area contributed by atoms with E-state index < -0.39 is 5.41 Å². The Bertz CT molecular complexity index is 1020. The van der Waals surface area contributed by atoms with Crippen LogP contribution in [0.5, 0.6) is 17.2 Å². The molecule has 6 nitrogen and oxygen atoms in total. The third-order valence-electron chi connectivity index (χ3n) is 4.08. The van der Waals surface area contributed by atoms with E-state index in [1.807, 2.05) is 20.8 Å². The van der Waals surface area contributed by atoms with Crippen LogP contribution >= 0.6 is 11.3 Å². The lowest BCUT2D eigenvalue weighted by atomic mass is 9.91. The van der Waals surface area contributed by atoms with Crippen molar-refractivity contribution >= 4 is 29.3 Å². The summed E-state index contributed by atoms with van der Waals surface area (Å²) in [6, 6.07) is 3.55. The van der Waals surface area contributed by atoms with Crippen molar-refractivity contribution in [1.82, 2.24) is 4.57 Å². The largest absolute Gasteiger partial charge is 0.493 e. The first-order chi connectivity index (χ1) is 12.6. The van der Waals surface area contributed by atoms with Crippen molar-refractivity contribution in [3.8, 4) is 17.2 Å². The molecule has 0 saturated carbocycles. The van der Waals surface area contributed by atoms with Gasteiger partial charge in [0, 0.05) is 24.1 Å². The van der Waals surface area contributed by atoms with Gasteiger partial charge in [-0.3, -0.25) is 9.59 Å². The molecule has 0 N–H and O–H groups in total. The van der Waals surface area contributed by atoms with Gasteiger partial charge in [-0.25, -0.2) is 0 Å². The highest BCUT2D eigenvalue weighted by molar-refractivity contribution is 7.07. The van der Waals surface area contributed by atoms with E-state index in [9.17, 15) is 9.59 Å². The van der Waals surface area contributed by atoms with Crippen LogP contribution in [-0.2, 0) is 11.8 Å². The van der Waals surface area contributed by atoms with E-state index in [4.69, 9.17) is 14.2 Å². The molecule has 0 aliphatic rings. The van der Waals surface area contributed by atoms with Crippen molar-refractivity contribution in [2.24, 2.45) is 12.5 Å². The van der Waals surface area contributed by atoms with Gasteiger partial charge in [0.15, 0.2) is 17.3 Å². The van der Waals surface area contributed by atoms with E-state index in [1.165, 1.54) is 36.2 Å². The van der Waals surface area contributed by atoms with Crippen molar-refractivity contribution in [1.29, 1.82) is 0 Å². The molecule has 0 atom stereocenters. The summed E-state index contributed by atoms with van der Waals surface area (Å²) < 4.78 is 18.7. The minimum absolute atomic E-state index is 0.0328. The number of hydrogen-bond donors (Lipinski definition) is 0. The lowest BCUT2D eigenvalue weighted by molar-refractivity contribution is -0.120. The van der Waals surface area contributed by atoms with Crippen LogP contribution in [0, 0.1) is 5.41 Å². The molecule has 2 rings (SSSR count). The maximum atomic E-state index is 12.6. The summed E-state index contributed by atoms with van der Waals surface area (Å²) in [5, 5.41) is 0. The number of aromatic nitrogens is 1. The molecule has 0 saturated heterocycles. The molecule has 0 aliphatic heterocycles. The van der Waals surface area contributed by atoms with Crippen molar-refractivity contribution < 1.29 is 19.0 Å². The Morgan fingerprint density at radius 1 is 1.07 bits per heavy atom. The number of carbonyl (C=O) groups is 1. The Hall–Kier alpha value is -2.54. The number of ether oxygens (including phenoxy) is 3. The highest BCUT2D eigenvalue weighted by atomic mass is 32.1. The van der Waals surface area contributed by atoms with Crippen LogP contribution in [0.3, 0.4) is 0 Å². The number of carbonyl (C=O) groups excluding carboxylic acids is 1. The minimum Gasteiger partial charge on any atom is -0.493 e. The molecule has 2 aromatic rings. The van der Waals surface area contributed by atoms with E-state index in [0.717, 1.165) is 0 Å². The van der Waals surface area contributed by atoms with Crippen LogP contribution in [0.25, 0.3) is 12.2 Å². The number of hydrogen-bond acceptors (Lipinski definition) is 6. The van der Waals surface area contributed by atoms with Crippen LogP contribution in [0.4, 0.5) is 0 Å². The lowest BCUT2D eigenvalue weighted by Crippen LogP contribution is -2.30. The molecule has 0 fully saturated rings. The molecule has 146 valence electrons. The Balaban J connectivity index is 2.69. The monoisotopic (exact) mass is 391 g/mol. The Morgan fingerprint density at radius 3 is 2.22 bits per heavy atom. The van der Waals surface area contributed by atoms with Crippen molar-refractivity contribution in [2.45, 2.75) is 20.8 Å². The first-order valence-corrected chi connectivity index (χ1v) is 9.18. The molecular formula is C20H25NO5S. The Kier molecular flexibility index (Phi) is 6.15. The third-order valence-corrected chi connectivity index (χ3v) is 5.19. The summed E-state index contributed by atoms with van der Waals surface area (Å²) in [6.07, 6.45) is 3.25. The zero-order chi connectivity index (χ0) is 20.4. The SMILES string of the molecule is COc1ccc(/C=c2\s/c(=C/C(=O)C(C)(C)C)n(C)c2=O)c(OC)c1OC. The summed E-state index contributed by atoms with van der Waals surface area (Å²) in [5.41, 5.74) is 0.00355. The fraction of sp³-hybridized carbons (Fsp3) is 0.400. The number of benzene rings is 1. The van der Waals surface area contributed by atoms with Gasteiger partial charge in [-0.15, -0.1) is 11.3 Å². The Morgan fingerprint density at radius 2 is 1.70 bits per heavy atom. The van der Waals surface area contributed by atoms with Gasteiger partial charge in [0.2, 0.25) is 5.75 Å². The summed E-state index contributed by atoms with van der Waals surface area (Å²) in [6.45, 7) is 5.54. The molecule has 1 aromatic heterocycles. The highest BCUT2D eigenvalue weighted by Crippen LogP contribution is 2.39. The van der Waals surface area contributed by atoms with Crippen LogP contribution in [0.15, 0.2) is 16.9 Å². The average molecular weight is 391 g/mol. The Labute approximate surface area is 162 Å². The van der Waals surface area contributed by atoms with Gasteiger partial charge < -0.3 is 18.8 Å². The summed E-state index contributed by atoms with van der Waals surface area (Å²) in [7, 11) is 6.26. The van der Waals surface area contributed by atoms with Crippen molar-refractivity contribution in [3.63, 3.8) is 0 Å². The molecule has 1 heterocycles. The summed E-state index contributed by atoms with van der Waals surface area (Å²) in [5.74, 6) is 1.44. The van der Waals surface area contributed by atoms with Gasteiger partial charge in [0.05, 0.1) is 25.9 Å². The predicted octanol–water partition coefficient (Wildman–Crippen LogP) is 1.70. The third kappa shape index (κ3) is 4.24. The second kappa shape index (κ2) is 8.00. The molecule has 1 aromatic carbocycles. The number of thiazole rings is 1. The molecule has 0 spiro atoms. The fourth-order valence-corrected chi connectivity index (χ4v) is 3.44. The molecule has 27 heavy (non-hydrogen) atoms. The number of ketones is 1. The van der Waals surface area contributed by atoms with E-state index in [2.05, 4.69) is 0 Å². The lowest BCUT2D eigenvalue weighted by Gasteiger charge is -2.13. The molecule has 0 bridgehead atoms. The topological polar surface area (TPSA) is 66.8 Å². The van der Waals surface area contributed by atoms with Gasteiger partial charge in [-0.1, -0.05) is 20.8 Å². The second-order valence-corrected chi connectivity index (χ2v) is 8.06. The quantitative estimate of drug-likeness (QED) is 0.776. The molecule has 0 radical (unpaired) electrons. The fourth-order valence-electron chi connectivity index (χ4n) is 2.42. The number of methoxy groups -OCH3 is 3. The summed E-state index contributed by atoms with van der Waals surface area (Å²) >= 11 is 1.26. The maximum absolute atomic E-state index is 12.6. The van der Waals surface area contributed by atoms with Crippen molar-refractivity contribution in [2.75, 3.05) is 21.3 Å². The zero-order valence-electron chi connectivity index (χ0n) is 16.7. The van der Waals surface area contributed by atoms with Gasteiger partial charge in [0.1, 0.15) is 4.66 Å². The van der Waals surface area contributed by atoms with E-state index in [0.29, 0.717) is 32.0 Å². The van der Waals surface area contributed by atoms with Gasteiger partial charge in [-0.2, -0.15) is 0 Å². The first kappa shape index (κ1) is 20.8. The van der Waals surface area contributed by atoms with Gasteiger partial charge in [0.25, 0.3) is 5.56 Å². The van der Waals surface area contributed by atoms with Crippen LogP contribution < -0.4 is 29.0 Å². The van der Waals surface area contributed by atoms with E-state index in [1.54, 1.807) is 32.4 Å². The van der Waals surface area contributed by atoms with E-state index >= 15 is 0 Å². The molecule has 0 aliphatic carbocycles. The van der Waals surface area contributed by atoms with Crippen LogP contribution in [0.2, 0.25) is 0 Å². The number of nitrogens with zero attached hydrogens (tertiary/aromatic N) is 1. The van der Waals surface area contributed by atoms with Crippen molar-refractivity contribution in [3.05, 3.63) is 37.2 Å². The normalized spacial score (nSPS) is 13.0. The number of rotatable bonds is 5. The smallest absolute Gasteiger partial charge is 0.268 e.